The molecule has 0 bridgehead atoms. The van der Waals surface area contributed by atoms with E-state index >= 15 is 0 Å². The fraction of sp³-hybridized carbons (Fsp3) is 0.273. The highest BCUT2D eigenvalue weighted by molar-refractivity contribution is 7.14. The van der Waals surface area contributed by atoms with Gasteiger partial charge in [0.15, 0.2) is 0 Å². The summed E-state index contributed by atoms with van der Waals surface area (Å²) in [5.41, 5.74) is 4.61. The maximum atomic E-state index is 3.27. The first-order valence-corrected chi connectivity index (χ1v) is 6.54. The molecule has 0 aromatic carbocycles. The van der Waals surface area contributed by atoms with E-state index in [0.29, 0.717) is 0 Å². The number of nitrogens with one attached hydrogen (secondary N) is 1. The lowest BCUT2D eigenvalue weighted by molar-refractivity contribution is 0.287. The Labute approximate surface area is 98.1 Å². The van der Waals surface area contributed by atoms with Gasteiger partial charge in [-0.15, -0.1) is 22.7 Å². The summed E-state index contributed by atoms with van der Waals surface area (Å²) in [5, 5.41) is 6.31. The van der Waals surface area contributed by atoms with Gasteiger partial charge >= 0.3 is 0 Å². The SMILES string of the molecule is CN(C)NCc1cc(-c2cccs2)cs1. The third-order valence-corrected chi connectivity index (χ3v) is 3.88. The first-order valence-electron chi connectivity index (χ1n) is 4.78. The Morgan fingerprint density at radius 1 is 1.33 bits per heavy atom. The van der Waals surface area contributed by atoms with Crippen molar-refractivity contribution in [3.63, 3.8) is 0 Å². The lowest BCUT2D eigenvalue weighted by Crippen LogP contribution is -2.29. The fourth-order valence-corrected chi connectivity index (χ4v) is 2.89. The number of rotatable bonds is 4. The Kier molecular flexibility index (Phi) is 3.53. The molecule has 0 atom stereocenters. The Morgan fingerprint density at radius 2 is 2.20 bits per heavy atom. The molecule has 0 amide bonds. The van der Waals surface area contributed by atoms with Crippen LogP contribution in [0.3, 0.4) is 0 Å². The number of hydrazine groups is 1. The van der Waals surface area contributed by atoms with Crippen LogP contribution in [0.5, 0.6) is 0 Å². The van der Waals surface area contributed by atoms with E-state index in [1.165, 1.54) is 15.3 Å². The predicted octanol–water partition coefficient (Wildman–Crippen LogP) is 3.04. The molecule has 2 nitrogen and oxygen atoms in total. The minimum absolute atomic E-state index is 0.906. The highest BCUT2D eigenvalue weighted by Gasteiger charge is 2.03. The Bertz CT molecular complexity index is 404. The van der Waals surface area contributed by atoms with Crippen molar-refractivity contribution in [2.45, 2.75) is 6.54 Å². The van der Waals surface area contributed by atoms with E-state index in [-0.39, 0.29) is 0 Å². The van der Waals surface area contributed by atoms with E-state index in [9.17, 15) is 0 Å². The molecule has 0 unspecified atom stereocenters. The summed E-state index contributed by atoms with van der Waals surface area (Å²) in [7, 11) is 4.02. The molecule has 0 saturated heterocycles. The zero-order valence-electron chi connectivity index (χ0n) is 8.86. The molecular formula is C11H14N2S2. The van der Waals surface area contributed by atoms with Crippen molar-refractivity contribution in [3.8, 4) is 10.4 Å². The van der Waals surface area contributed by atoms with Crippen LogP contribution in [0.4, 0.5) is 0 Å². The van der Waals surface area contributed by atoms with E-state index < -0.39 is 0 Å². The van der Waals surface area contributed by atoms with E-state index in [1.54, 1.807) is 11.3 Å². The average molecular weight is 238 g/mol. The topological polar surface area (TPSA) is 15.3 Å². The van der Waals surface area contributed by atoms with Gasteiger partial charge in [-0.2, -0.15) is 0 Å². The van der Waals surface area contributed by atoms with E-state index in [0.717, 1.165) is 6.54 Å². The van der Waals surface area contributed by atoms with Gasteiger partial charge in [0.25, 0.3) is 0 Å². The third kappa shape index (κ3) is 2.89. The molecule has 0 spiro atoms. The molecule has 4 heteroatoms. The molecule has 2 aromatic heterocycles. The molecule has 15 heavy (non-hydrogen) atoms. The fourth-order valence-electron chi connectivity index (χ4n) is 1.28. The van der Waals surface area contributed by atoms with Gasteiger partial charge in [0.2, 0.25) is 0 Å². The second kappa shape index (κ2) is 4.90. The second-order valence-electron chi connectivity index (χ2n) is 3.51. The minimum atomic E-state index is 0.906. The normalized spacial score (nSPS) is 11.1. The highest BCUT2D eigenvalue weighted by atomic mass is 32.1. The standard InChI is InChI=1S/C11H14N2S2/c1-13(2)12-7-10-6-9(8-15-10)11-4-3-5-14-11/h3-6,8,12H,7H2,1-2H3. The van der Waals surface area contributed by atoms with Gasteiger partial charge in [-0.25, -0.2) is 0 Å². The molecule has 0 aliphatic heterocycles. The van der Waals surface area contributed by atoms with Crippen LogP contribution in [-0.2, 0) is 6.54 Å². The highest BCUT2D eigenvalue weighted by Crippen LogP contribution is 2.29. The van der Waals surface area contributed by atoms with Gasteiger partial charge < -0.3 is 0 Å². The van der Waals surface area contributed by atoms with Gasteiger partial charge in [0, 0.05) is 36.0 Å². The first-order chi connectivity index (χ1) is 7.25. The predicted molar refractivity (Wildman–Crippen MR) is 68.2 cm³/mol. The van der Waals surface area contributed by atoms with Crippen LogP contribution < -0.4 is 5.43 Å². The van der Waals surface area contributed by atoms with Gasteiger partial charge in [0.05, 0.1) is 0 Å². The number of nitrogens with zero attached hydrogens (tertiary/aromatic N) is 1. The number of hydrogen-bond donors (Lipinski definition) is 1. The molecule has 2 heterocycles. The lowest BCUT2D eigenvalue weighted by atomic mass is 10.2. The van der Waals surface area contributed by atoms with Crippen molar-refractivity contribution in [2.24, 2.45) is 0 Å². The maximum Gasteiger partial charge on any atom is 0.0447 e. The van der Waals surface area contributed by atoms with Crippen molar-refractivity contribution in [2.75, 3.05) is 14.1 Å². The zero-order chi connectivity index (χ0) is 10.7. The van der Waals surface area contributed by atoms with E-state index in [4.69, 9.17) is 0 Å². The molecule has 0 aliphatic carbocycles. The summed E-state index contributed by atoms with van der Waals surface area (Å²) >= 11 is 3.60. The van der Waals surface area contributed by atoms with Gasteiger partial charge in [0.1, 0.15) is 0 Å². The number of hydrogen-bond acceptors (Lipinski definition) is 4. The quantitative estimate of drug-likeness (QED) is 0.824. The molecule has 0 fully saturated rings. The number of thiophene rings is 2. The largest absolute Gasteiger partial charge is 0.250 e. The smallest absolute Gasteiger partial charge is 0.0447 e. The van der Waals surface area contributed by atoms with E-state index in [2.05, 4.69) is 34.4 Å². The van der Waals surface area contributed by atoms with Crippen LogP contribution in [0.15, 0.2) is 29.0 Å². The molecule has 0 aliphatic rings. The van der Waals surface area contributed by atoms with Crippen molar-refractivity contribution in [1.29, 1.82) is 0 Å². The first kappa shape index (κ1) is 10.8. The second-order valence-corrected chi connectivity index (χ2v) is 5.45. The average Bonchev–Trinajstić information content (AvgIpc) is 2.85. The molecule has 80 valence electrons. The van der Waals surface area contributed by atoms with Crippen LogP contribution in [0.2, 0.25) is 0 Å². The van der Waals surface area contributed by atoms with Gasteiger partial charge in [-0.1, -0.05) is 6.07 Å². The molecule has 2 rings (SSSR count). The zero-order valence-corrected chi connectivity index (χ0v) is 10.5. The summed E-state index contributed by atoms with van der Waals surface area (Å²) in [6.07, 6.45) is 0. The van der Waals surface area contributed by atoms with Crippen LogP contribution in [0.1, 0.15) is 4.88 Å². The maximum absolute atomic E-state index is 3.27. The summed E-state index contributed by atoms with van der Waals surface area (Å²) in [5.74, 6) is 0. The summed E-state index contributed by atoms with van der Waals surface area (Å²) in [4.78, 5) is 2.72. The molecule has 0 radical (unpaired) electrons. The summed E-state index contributed by atoms with van der Waals surface area (Å²) in [6, 6.07) is 6.51. The van der Waals surface area contributed by atoms with Gasteiger partial charge in [-0.3, -0.25) is 10.4 Å². The van der Waals surface area contributed by atoms with Crippen molar-refractivity contribution in [1.82, 2.24) is 10.4 Å². The van der Waals surface area contributed by atoms with Crippen molar-refractivity contribution in [3.05, 3.63) is 33.8 Å². The molecular weight excluding hydrogens is 224 g/mol. The lowest BCUT2D eigenvalue weighted by Gasteiger charge is -2.09. The van der Waals surface area contributed by atoms with E-state index in [1.807, 2.05) is 30.4 Å². The molecule has 2 aromatic rings. The Balaban J connectivity index is 2.04. The van der Waals surface area contributed by atoms with Gasteiger partial charge in [-0.05, 0) is 22.9 Å². The van der Waals surface area contributed by atoms with Crippen LogP contribution in [0, 0.1) is 0 Å². The van der Waals surface area contributed by atoms with Crippen molar-refractivity contribution >= 4 is 22.7 Å². The summed E-state index contributed by atoms with van der Waals surface area (Å²) < 4.78 is 0. The van der Waals surface area contributed by atoms with Crippen LogP contribution >= 0.6 is 22.7 Å². The third-order valence-electron chi connectivity index (χ3n) is 2.03. The summed E-state index contributed by atoms with van der Waals surface area (Å²) in [6.45, 7) is 0.906. The monoisotopic (exact) mass is 238 g/mol. The molecule has 0 saturated carbocycles. The Hall–Kier alpha value is -0.680. The Morgan fingerprint density at radius 3 is 2.87 bits per heavy atom. The van der Waals surface area contributed by atoms with Crippen LogP contribution in [-0.4, -0.2) is 19.1 Å². The van der Waals surface area contributed by atoms with Crippen LogP contribution in [0.25, 0.3) is 10.4 Å². The van der Waals surface area contributed by atoms with Crippen molar-refractivity contribution < 1.29 is 0 Å². The minimum Gasteiger partial charge on any atom is -0.250 e. The molecule has 1 N–H and O–H groups in total.